The summed E-state index contributed by atoms with van der Waals surface area (Å²) in [5.74, 6) is -1.58. The van der Waals surface area contributed by atoms with Crippen LogP contribution in [0.15, 0.2) is 6.07 Å². The van der Waals surface area contributed by atoms with Crippen LogP contribution in [0, 0.1) is 5.92 Å². The van der Waals surface area contributed by atoms with Crippen LogP contribution in [0.2, 0.25) is 10.2 Å². The highest BCUT2D eigenvalue weighted by Gasteiger charge is 2.31. The molecule has 162 valence electrons. The third kappa shape index (κ3) is 4.43. The summed E-state index contributed by atoms with van der Waals surface area (Å²) in [6.45, 7) is 3.82. The number of hydrogen-bond donors (Lipinski definition) is 2. The number of carboxylic acids is 1. The molecule has 1 aromatic heterocycles. The molecule has 1 atom stereocenters. The van der Waals surface area contributed by atoms with Gasteiger partial charge in [-0.1, -0.05) is 29.6 Å². The molecule has 0 saturated carbocycles. The number of aromatic nitrogens is 2. The van der Waals surface area contributed by atoms with Crippen LogP contribution in [0.5, 0.6) is 0 Å². The zero-order chi connectivity index (χ0) is 21.3. The first kappa shape index (κ1) is 21.4. The van der Waals surface area contributed by atoms with Gasteiger partial charge in [-0.25, -0.2) is 0 Å². The number of halogens is 2. The van der Waals surface area contributed by atoms with E-state index in [1.54, 1.807) is 4.90 Å². The van der Waals surface area contributed by atoms with Crippen molar-refractivity contribution in [1.82, 2.24) is 20.0 Å². The molecule has 0 aliphatic carbocycles. The average molecular weight is 453 g/mol. The highest BCUT2D eigenvalue weighted by molar-refractivity contribution is 6.39. The molecule has 0 bridgehead atoms. The number of carbonyl (C=O) groups excluding carboxylic acids is 1. The van der Waals surface area contributed by atoms with Crippen LogP contribution in [0.4, 0.5) is 0 Å². The lowest BCUT2D eigenvalue weighted by molar-refractivity contribution is -0.145. The fourth-order valence-electron chi connectivity index (χ4n) is 4.66. The number of nitrogens with zero attached hydrogens (tertiary/aromatic N) is 3. The van der Waals surface area contributed by atoms with Crippen LogP contribution < -0.4 is 0 Å². The van der Waals surface area contributed by atoms with E-state index in [-0.39, 0.29) is 12.3 Å². The quantitative estimate of drug-likeness (QED) is 0.721. The first-order valence-electron chi connectivity index (χ1n) is 10.5. The monoisotopic (exact) mass is 452 g/mol. The van der Waals surface area contributed by atoms with Gasteiger partial charge in [-0.15, -0.1) is 0 Å². The van der Waals surface area contributed by atoms with Crippen LogP contribution in [0.25, 0.3) is 10.9 Å². The molecule has 0 radical (unpaired) electrons. The molecule has 0 spiro atoms. The number of hydrogen-bond acceptors (Lipinski definition) is 4. The number of carbonyl (C=O) groups is 2. The molecule has 2 aliphatic rings. The number of fused-ring (bicyclic) bond motifs is 3. The summed E-state index contributed by atoms with van der Waals surface area (Å²) in [4.78, 5) is 28.9. The number of benzene rings is 1. The first-order valence-corrected chi connectivity index (χ1v) is 11.3. The van der Waals surface area contributed by atoms with Gasteiger partial charge in [0.25, 0.3) is 0 Å². The second kappa shape index (κ2) is 9.12. The molecule has 2 N–H and O–H groups in total. The van der Waals surface area contributed by atoms with Crippen molar-refractivity contribution in [2.24, 2.45) is 5.92 Å². The van der Waals surface area contributed by atoms with Gasteiger partial charge in [-0.3, -0.25) is 14.7 Å². The maximum Gasteiger partial charge on any atom is 0.304 e. The summed E-state index contributed by atoms with van der Waals surface area (Å²) < 4.78 is 0. The summed E-state index contributed by atoms with van der Waals surface area (Å²) in [6.07, 6.45) is 4.51. The van der Waals surface area contributed by atoms with Gasteiger partial charge in [0, 0.05) is 30.9 Å². The normalized spacial score (nSPS) is 20.8. The van der Waals surface area contributed by atoms with Gasteiger partial charge < -0.3 is 14.9 Å². The van der Waals surface area contributed by atoms with E-state index in [1.807, 2.05) is 6.07 Å². The Balaban J connectivity index is 1.67. The Morgan fingerprint density at radius 1 is 1.23 bits per heavy atom. The van der Waals surface area contributed by atoms with Gasteiger partial charge in [0.1, 0.15) is 10.7 Å². The first-order chi connectivity index (χ1) is 14.4. The van der Waals surface area contributed by atoms with Crippen molar-refractivity contribution >= 4 is 46.0 Å². The van der Waals surface area contributed by atoms with Crippen LogP contribution in [-0.2, 0) is 22.6 Å². The Morgan fingerprint density at radius 2 is 2.00 bits per heavy atom. The molecule has 9 heteroatoms. The smallest absolute Gasteiger partial charge is 0.304 e. The maximum absolute atomic E-state index is 13.3. The highest BCUT2D eigenvalue weighted by Crippen LogP contribution is 2.36. The molecule has 2 aliphatic heterocycles. The standard InChI is InChI=1S/C21H26Cl2N4O3/c22-16-10-13-4-5-14(11-17(28)29)21(30)27(9-8-26-6-2-1-3-7-26)12-15(13)18-19(16)24-25-20(18)23/h10,14H,1-9,11-12H2,(H,24,25)(H,28,29)/t14-/m0/s1. The van der Waals surface area contributed by atoms with Crippen molar-refractivity contribution in [2.45, 2.75) is 45.1 Å². The molecular weight excluding hydrogens is 427 g/mol. The van der Waals surface area contributed by atoms with Crippen molar-refractivity contribution in [2.75, 3.05) is 26.2 Å². The number of aliphatic carboxylic acids is 1. The molecule has 4 rings (SSSR count). The third-order valence-electron chi connectivity index (χ3n) is 6.27. The summed E-state index contributed by atoms with van der Waals surface area (Å²) in [5, 5.41) is 18.0. The number of nitrogens with one attached hydrogen (secondary N) is 1. The predicted octanol–water partition coefficient (Wildman–Crippen LogP) is 3.72. The zero-order valence-electron chi connectivity index (χ0n) is 16.8. The minimum absolute atomic E-state index is 0.0947. The fourth-order valence-corrected chi connectivity index (χ4v) is 5.17. The summed E-state index contributed by atoms with van der Waals surface area (Å²) >= 11 is 12.8. The van der Waals surface area contributed by atoms with Crippen LogP contribution >= 0.6 is 23.2 Å². The number of aryl methyl sites for hydroxylation is 1. The number of piperidine rings is 1. The number of aromatic amines is 1. The zero-order valence-corrected chi connectivity index (χ0v) is 18.3. The Hall–Kier alpha value is -1.83. The van der Waals surface area contributed by atoms with E-state index < -0.39 is 11.9 Å². The Morgan fingerprint density at radius 3 is 2.73 bits per heavy atom. The molecule has 1 saturated heterocycles. The Bertz CT molecular complexity index is 955. The van der Waals surface area contributed by atoms with Crippen molar-refractivity contribution in [3.63, 3.8) is 0 Å². The van der Waals surface area contributed by atoms with Crippen molar-refractivity contribution in [3.8, 4) is 0 Å². The second-order valence-electron chi connectivity index (χ2n) is 8.25. The van der Waals surface area contributed by atoms with E-state index >= 15 is 0 Å². The molecule has 0 unspecified atom stereocenters. The van der Waals surface area contributed by atoms with Gasteiger partial charge >= 0.3 is 5.97 Å². The summed E-state index contributed by atoms with van der Waals surface area (Å²) in [6, 6.07) is 1.88. The predicted molar refractivity (Wildman–Crippen MR) is 116 cm³/mol. The molecule has 1 amide bonds. The Kier molecular flexibility index (Phi) is 6.51. The van der Waals surface area contributed by atoms with Gasteiger partial charge in [-0.2, -0.15) is 5.10 Å². The molecule has 3 heterocycles. The molecule has 2 aromatic rings. The van der Waals surface area contributed by atoms with Gasteiger partial charge in [0.05, 0.1) is 11.4 Å². The summed E-state index contributed by atoms with van der Waals surface area (Å²) in [5.41, 5.74) is 2.56. The minimum atomic E-state index is -0.948. The molecule has 7 nitrogen and oxygen atoms in total. The molecule has 30 heavy (non-hydrogen) atoms. The minimum Gasteiger partial charge on any atom is -0.481 e. The van der Waals surface area contributed by atoms with Crippen LogP contribution in [0.3, 0.4) is 0 Å². The topological polar surface area (TPSA) is 89.5 Å². The van der Waals surface area contributed by atoms with Gasteiger partial charge in [0.2, 0.25) is 5.91 Å². The lowest BCUT2D eigenvalue weighted by atomic mass is 9.89. The van der Waals surface area contributed by atoms with Crippen molar-refractivity contribution < 1.29 is 14.7 Å². The number of H-pyrrole nitrogens is 1. The number of rotatable bonds is 5. The van der Waals surface area contributed by atoms with Crippen LogP contribution in [0.1, 0.15) is 43.2 Å². The Labute approximate surface area is 185 Å². The van der Waals surface area contributed by atoms with E-state index in [0.717, 1.165) is 36.1 Å². The van der Waals surface area contributed by atoms with Crippen LogP contribution in [-0.4, -0.2) is 63.2 Å². The molecular formula is C21H26Cl2N4O3. The second-order valence-corrected chi connectivity index (χ2v) is 9.04. The van der Waals surface area contributed by atoms with E-state index in [2.05, 4.69) is 15.1 Å². The van der Waals surface area contributed by atoms with Gasteiger partial charge in [0.15, 0.2) is 0 Å². The highest BCUT2D eigenvalue weighted by atomic mass is 35.5. The largest absolute Gasteiger partial charge is 0.481 e. The summed E-state index contributed by atoms with van der Waals surface area (Å²) in [7, 11) is 0. The lowest BCUT2D eigenvalue weighted by Crippen LogP contribution is -2.43. The van der Waals surface area contributed by atoms with E-state index in [0.29, 0.717) is 41.6 Å². The average Bonchev–Trinajstić information content (AvgIpc) is 3.11. The lowest BCUT2D eigenvalue weighted by Gasteiger charge is -2.34. The number of carboxylic acid groups (broad SMARTS) is 1. The number of amides is 1. The third-order valence-corrected chi connectivity index (χ3v) is 6.83. The fraction of sp³-hybridized carbons (Fsp3) is 0.571. The van der Waals surface area contributed by atoms with Gasteiger partial charge in [-0.05, 0) is 56.0 Å². The van der Waals surface area contributed by atoms with Crippen molar-refractivity contribution in [1.29, 1.82) is 0 Å². The molecule has 1 fully saturated rings. The van der Waals surface area contributed by atoms with Crippen molar-refractivity contribution in [3.05, 3.63) is 27.4 Å². The van der Waals surface area contributed by atoms with E-state index in [1.165, 1.54) is 19.3 Å². The molecule has 1 aromatic carbocycles. The maximum atomic E-state index is 13.3. The van der Waals surface area contributed by atoms with E-state index in [4.69, 9.17) is 23.2 Å². The number of likely N-dealkylation sites (tertiary alicyclic amines) is 1. The SMILES string of the molecule is O=C(O)C[C@@H]1CCc2cc(Cl)c3n[nH]c(Cl)c3c2CN(CCN2CCCCC2)C1=O. The van der Waals surface area contributed by atoms with E-state index in [9.17, 15) is 14.7 Å².